The van der Waals surface area contributed by atoms with Gasteiger partial charge in [0.15, 0.2) is 0 Å². The van der Waals surface area contributed by atoms with Crippen LogP contribution in [0.3, 0.4) is 0 Å². The van der Waals surface area contributed by atoms with Gasteiger partial charge in [-0.2, -0.15) is 0 Å². The van der Waals surface area contributed by atoms with Crippen molar-refractivity contribution in [2.24, 2.45) is 5.92 Å². The molecule has 11 heavy (non-hydrogen) atoms. The Balaban J connectivity index is 2.23. The van der Waals surface area contributed by atoms with Crippen molar-refractivity contribution in [3.63, 3.8) is 0 Å². The van der Waals surface area contributed by atoms with Gasteiger partial charge in [-0.05, 0) is 20.4 Å². The Morgan fingerprint density at radius 2 is 2.09 bits per heavy atom. The number of halogens is 2. The fraction of sp³-hybridized carbons (Fsp3) is 1.00. The summed E-state index contributed by atoms with van der Waals surface area (Å²) in [6.07, 6.45) is 0.781. The largest absolute Gasteiger partial charge is 0.300 e. The average Bonchev–Trinajstić information content (AvgIpc) is 2.31. The highest BCUT2D eigenvalue weighted by atomic mass is 19.3. The first-order chi connectivity index (χ1) is 5.02. The van der Waals surface area contributed by atoms with Gasteiger partial charge in [0.25, 0.3) is 5.92 Å². The van der Waals surface area contributed by atoms with Gasteiger partial charge in [-0.15, -0.1) is 0 Å². The van der Waals surface area contributed by atoms with Crippen LogP contribution in [0.25, 0.3) is 0 Å². The van der Waals surface area contributed by atoms with Crippen LogP contribution in [-0.4, -0.2) is 30.0 Å². The van der Waals surface area contributed by atoms with E-state index in [2.05, 4.69) is 4.90 Å². The van der Waals surface area contributed by atoms with Crippen LogP contribution in [0.4, 0.5) is 8.78 Å². The van der Waals surface area contributed by atoms with E-state index < -0.39 is 5.92 Å². The first kappa shape index (κ1) is 7.47. The summed E-state index contributed by atoms with van der Waals surface area (Å²) in [7, 11) is 1.95. The SMILES string of the molecule is C[C@@H]1C2CC(CC2(F)F)N1C. The lowest BCUT2D eigenvalue weighted by Gasteiger charge is -2.34. The van der Waals surface area contributed by atoms with Crippen LogP contribution in [0.15, 0.2) is 0 Å². The van der Waals surface area contributed by atoms with Crippen LogP contribution in [0.5, 0.6) is 0 Å². The van der Waals surface area contributed by atoms with Crippen LogP contribution < -0.4 is 0 Å². The molecule has 0 aromatic rings. The smallest absolute Gasteiger partial charge is 0.253 e. The van der Waals surface area contributed by atoms with Gasteiger partial charge in [-0.3, -0.25) is 0 Å². The average molecular weight is 161 g/mol. The van der Waals surface area contributed by atoms with E-state index in [1.807, 2.05) is 14.0 Å². The zero-order valence-electron chi connectivity index (χ0n) is 6.85. The molecule has 0 radical (unpaired) electrons. The highest BCUT2D eigenvalue weighted by Gasteiger charge is 2.58. The molecule has 1 saturated heterocycles. The van der Waals surface area contributed by atoms with E-state index in [9.17, 15) is 8.78 Å². The third kappa shape index (κ3) is 0.835. The summed E-state index contributed by atoms with van der Waals surface area (Å²) in [4.78, 5) is 2.09. The highest BCUT2D eigenvalue weighted by Crippen LogP contribution is 2.50. The monoisotopic (exact) mass is 161 g/mol. The maximum atomic E-state index is 13.0. The van der Waals surface area contributed by atoms with Gasteiger partial charge in [0.1, 0.15) is 0 Å². The van der Waals surface area contributed by atoms with E-state index in [1.54, 1.807) is 0 Å². The molecule has 64 valence electrons. The molecule has 2 aliphatic rings. The van der Waals surface area contributed by atoms with E-state index in [1.165, 1.54) is 0 Å². The van der Waals surface area contributed by atoms with Crippen LogP contribution in [0.1, 0.15) is 19.8 Å². The number of rotatable bonds is 0. The van der Waals surface area contributed by atoms with Crippen molar-refractivity contribution in [2.45, 2.75) is 37.8 Å². The first-order valence-corrected chi connectivity index (χ1v) is 4.12. The van der Waals surface area contributed by atoms with Gasteiger partial charge in [0.05, 0.1) is 0 Å². The van der Waals surface area contributed by atoms with Gasteiger partial charge in [0.2, 0.25) is 0 Å². The van der Waals surface area contributed by atoms with E-state index in [0.717, 1.165) is 0 Å². The highest BCUT2D eigenvalue weighted by molar-refractivity contribution is 5.04. The molecule has 0 amide bonds. The molecule has 3 heteroatoms. The Hall–Kier alpha value is -0.180. The number of alkyl halides is 2. The Morgan fingerprint density at radius 1 is 1.45 bits per heavy atom. The molecule has 1 nitrogen and oxygen atoms in total. The van der Waals surface area contributed by atoms with E-state index >= 15 is 0 Å². The Morgan fingerprint density at radius 3 is 2.45 bits per heavy atom. The Bertz CT molecular complexity index is 179. The Kier molecular flexibility index (Phi) is 1.32. The molecule has 0 N–H and O–H groups in total. The number of piperidine rings is 1. The number of hydrogen-bond donors (Lipinski definition) is 0. The summed E-state index contributed by atoms with van der Waals surface area (Å²) in [5, 5.41) is 0. The van der Waals surface area contributed by atoms with Crippen LogP contribution in [0, 0.1) is 5.92 Å². The standard InChI is InChI=1S/C8H13F2N/c1-5-7-3-6(11(5)2)4-8(7,9)10/h5-7H,3-4H2,1-2H3/t5-,6?,7?/m1/s1. The molecule has 0 spiro atoms. The fourth-order valence-electron chi connectivity index (χ4n) is 2.49. The van der Waals surface area contributed by atoms with Crippen molar-refractivity contribution in [3.8, 4) is 0 Å². The molecule has 3 atom stereocenters. The van der Waals surface area contributed by atoms with E-state index in [-0.39, 0.29) is 24.4 Å². The van der Waals surface area contributed by atoms with Gasteiger partial charge in [0, 0.05) is 24.4 Å². The molecule has 1 aliphatic heterocycles. The summed E-state index contributed by atoms with van der Waals surface area (Å²) in [6, 6.07) is 0.216. The molecule has 1 saturated carbocycles. The maximum absolute atomic E-state index is 13.0. The second-order valence-corrected chi connectivity index (χ2v) is 3.87. The van der Waals surface area contributed by atoms with Crippen LogP contribution >= 0.6 is 0 Å². The lowest BCUT2D eigenvalue weighted by atomic mass is 9.97. The molecule has 2 unspecified atom stereocenters. The minimum absolute atomic E-state index is 0.0729. The second kappa shape index (κ2) is 1.94. The lowest BCUT2D eigenvalue weighted by molar-refractivity contribution is -0.0822. The molecular weight excluding hydrogens is 148 g/mol. The summed E-state index contributed by atoms with van der Waals surface area (Å²) < 4.78 is 26.1. The third-order valence-corrected chi connectivity index (χ3v) is 3.38. The predicted molar refractivity (Wildman–Crippen MR) is 38.7 cm³/mol. The molecule has 0 aromatic carbocycles. The molecule has 2 rings (SSSR count). The summed E-state index contributed by atoms with van der Waals surface area (Å²) in [5.74, 6) is -2.76. The minimum Gasteiger partial charge on any atom is -0.300 e. The van der Waals surface area contributed by atoms with E-state index in [0.29, 0.717) is 6.42 Å². The minimum atomic E-state index is -2.38. The molecule has 2 bridgehead atoms. The van der Waals surface area contributed by atoms with Crippen molar-refractivity contribution in [1.82, 2.24) is 4.90 Å². The normalized spacial score (nSPS) is 48.5. The van der Waals surface area contributed by atoms with E-state index in [4.69, 9.17) is 0 Å². The third-order valence-electron chi connectivity index (χ3n) is 3.38. The number of hydrogen-bond acceptors (Lipinski definition) is 1. The molecular formula is C8H13F2N. The summed E-state index contributed by atoms with van der Waals surface area (Å²) in [6.45, 7) is 1.90. The van der Waals surface area contributed by atoms with Crippen LogP contribution in [0.2, 0.25) is 0 Å². The van der Waals surface area contributed by atoms with Gasteiger partial charge >= 0.3 is 0 Å². The zero-order valence-corrected chi connectivity index (χ0v) is 6.85. The topological polar surface area (TPSA) is 3.24 Å². The Labute approximate surface area is 65.4 Å². The second-order valence-electron chi connectivity index (χ2n) is 3.87. The van der Waals surface area contributed by atoms with Crippen molar-refractivity contribution >= 4 is 0 Å². The van der Waals surface area contributed by atoms with Gasteiger partial charge in [-0.1, -0.05) is 0 Å². The quantitative estimate of drug-likeness (QED) is 0.523. The van der Waals surface area contributed by atoms with Crippen molar-refractivity contribution in [3.05, 3.63) is 0 Å². The van der Waals surface area contributed by atoms with Gasteiger partial charge in [-0.25, -0.2) is 8.78 Å². The van der Waals surface area contributed by atoms with Crippen LogP contribution in [-0.2, 0) is 0 Å². The lowest BCUT2D eigenvalue weighted by Crippen LogP contribution is -2.44. The maximum Gasteiger partial charge on any atom is 0.253 e. The first-order valence-electron chi connectivity index (χ1n) is 4.12. The summed E-state index contributed by atoms with van der Waals surface area (Å²) >= 11 is 0. The molecule has 2 fully saturated rings. The van der Waals surface area contributed by atoms with Crippen molar-refractivity contribution < 1.29 is 8.78 Å². The molecule has 1 heterocycles. The number of nitrogens with zero attached hydrogens (tertiary/aromatic N) is 1. The van der Waals surface area contributed by atoms with Crippen molar-refractivity contribution in [1.29, 1.82) is 0 Å². The molecule has 1 aliphatic carbocycles. The van der Waals surface area contributed by atoms with Gasteiger partial charge < -0.3 is 4.90 Å². The number of likely N-dealkylation sites (tertiary alicyclic amines) is 1. The fourth-order valence-corrected chi connectivity index (χ4v) is 2.49. The number of fused-ring (bicyclic) bond motifs is 2. The zero-order chi connectivity index (χ0) is 8.22. The summed E-state index contributed by atoms with van der Waals surface area (Å²) in [5.41, 5.74) is 0. The van der Waals surface area contributed by atoms with Crippen molar-refractivity contribution in [2.75, 3.05) is 7.05 Å². The molecule has 0 aromatic heterocycles. The predicted octanol–water partition coefficient (Wildman–Crippen LogP) is 1.73.